The van der Waals surface area contributed by atoms with E-state index >= 15 is 0 Å². The molecule has 1 aromatic rings. The summed E-state index contributed by atoms with van der Waals surface area (Å²) in [4.78, 5) is 12.7. The van der Waals surface area contributed by atoms with Gasteiger partial charge in [0.2, 0.25) is 0 Å². The van der Waals surface area contributed by atoms with Crippen LogP contribution in [0.1, 0.15) is 12.8 Å². The zero-order chi connectivity index (χ0) is 14.4. The zero-order valence-corrected chi connectivity index (χ0v) is 12.7. The summed E-state index contributed by atoms with van der Waals surface area (Å²) >= 11 is 0. The van der Waals surface area contributed by atoms with Crippen molar-refractivity contribution in [3.05, 3.63) is 24.3 Å². The number of anilines is 1. The summed E-state index contributed by atoms with van der Waals surface area (Å²) in [6, 6.07) is 6.99. The molecule has 0 atom stereocenters. The molecule has 1 aliphatic rings. The molecule has 1 heterocycles. The van der Waals surface area contributed by atoms with Crippen molar-refractivity contribution in [1.29, 1.82) is 0 Å². The number of amides is 2. The summed E-state index contributed by atoms with van der Waals surface area (Å²) in [7, 11) is 1.63. The number of carbonyl (C=O) groups excluding carboxylic acids is 1. The molecule has 0 saturated carbocycles. The van der Waals surface area contributed by atoms with Gasteiger partial charge in [0.1, 0.15) is 11.6 Å². The minimum absolute atomic E-state index is 0. The van der Waals surface area contributed by atoms with Gasteiger partial charge in [-0.25, -0.2) is 4.79 Å². The summed E-state index contributed by atoms with van der Waals surface area (Å²) in [5.74, 6) is 1.71. The highest BCUT2D eigenvalue weighted by Gasteiger charge is 2.18. The van der Waals surface area contributed by atoms with E-state index in [9.17, 15) is 4.79 Å². The third-order valence-electron chi connectivity index (χ3n) is 3.04. The molecule has 7 nitrogen and oxygen atoms in total. The second kappa shape index (κ2) is 8.21. The number of carbonyl (C=O) groups is 1. The lowest BCUT2D eigenvalue weighted by atomic mass is 10.3. The third kappa shape index (κ3) is 5.03. The summed E-state index contributed by atoms with van der Waals surface area (Å²) in [5, 5.41) is 6.94. The van der Waals surface area contributed by atoms with Gasteiger partial charge in [-0.05, 0) is 30.7 Å². The molecule has 1 fully saturated rings. The van der Waals surface area contributed by atoms with Crippen LogP contribution < -0.4 is 21.2 Å². The lowest BCUT2D eigenvalue weighted by Crippen LogP contribution is -2.40. The molecule has 0 aromatic heterocycles. The largest absolute Gasteiger partial charge is 0.497 e. The lowest BCUT2D eigenvalue weighted by Gasteiger charge is -2.18. The molecule has 4 N–H and O–H groups in total. The number of methoxy groups -OCH3 is 1. The highest BCUT2D eigenvalue weighted by Crippen LogP contribution is 2.16. The minimum Gasteiger partial charge on any atom is -0.497 e. The van der Waals surface area contributed by atoms with Gasteiger partial charge < -0.3 is 20.7 Å². The van der Waals surface area contributed by atoms with Crippen molar-refractivity contribution in [2.75, 3.05) is 25.7 Å². The number of halogens is 1. The molecular formula is C13H20ClN5O2. The quantitative estimate of drug-likeness (QED) is 0.719. The zero-order valence-electron chi connectivity index (χ0n) is 11.8. The van der Waals surface area contributed by atoms with E-state index in [1.165, 1.54) is 0 Å². The smallest absolute Gasteiger partial charge is 0.313 e. The summed E-state index contributed by atoms with van der Waals surface area (Å²) in [6.07, 6.45) is 1.90. The number of nitrogens with zero attached hydrogens (tertiary/aromatic N) is 2. The standard InChI is InChI=1S/C13H19N5O2.ClH/c1-20-11-6-4-10(5-7-11)16-17-12-3-2-8-18(12)9-15-13(14)19;/h4-7,16H,2-3,8-9H2,1H3,(H3,14,15,19);1H. The number of nitrogens with two attached hydrogens (primary N) is 1. The van der Waals surface area contributed by atoms with Gasteiger partial charge >= 0.3 is 6.03 Å². The topological polar surface area (TPSA) is 92.0 Å². The predicted molar refractivity (Wildman–Crippen MR) is 84.8 cm³/mol. The Morgan fingerprint density at radius 2 is 2.14 bits per heavy atom. The van der Waals surface area contributed by atoms with Crippen LogP contribution in [0.25, 0.3) is 0 Å². The lowest BCUT2D eigenvalue weighted by molar-refractivity contribution is 0.244. The van der Waals surface area contributed by atoms with Gasteiger partial charge in [-0.1, -0.05) is 0 Å². The van der Waals surface area contributed by atoms with E-state index in [4.69, 9.17) is 10.5 Å². The van der Waals surface area contributed by atoms with Crippen LogP contribution in [0.4, 0.5) is 10.5 Å². The minimum atomic E-state index is -0.528. The first-order chi connectivity index (χ1) is 9.69. The summed E-state index contributed by atoms with van der Waals surface area (Å²) < 4.78 is 5.09. The number of rotatable bonds is 5. The normalized spacial score (nSPS) is 15.5. The number of nitrogens with one attached hydrogen (secondary N) is 2. The Kier molecular flexibility index (Phi) is 6.61. The SMILES string of the molecule is COc1ccc(NN=C2CCCN2CNC(N)=O)cc1.Cl. The van der Waals surface area contributed by atoms with E-state index in [0.717, 1.165) is 36.7 Å². The van der Waals surface area contributed by atoms with E-state index in [-0.39, 0.29) is 12.4 Å². The molecule has 1 aliphatic heterocycles. The Labute approximate surface area is 129 Å². The van der Waals surface area contributed by atoms with Crippen molar-refractivity contribution in [1.82, 2.24) is 10.2 Å². The first-order valence-corrected chi connectivity index (χ1v) is 6.44. The van der Waals surface area contributed by atoms with E-state index in [2.05, 4.69) is 15.8 Å². The monoisotopic (exact) mass is 313 g/mol. The Hall–Kier alpha value is -2.15. The number of hydrogen-bond donors (Lipinski definition) is 3. The fourth-order valence-corrected chi connectivity index (χ4v) is 1.98. The Morgan fingerprint density at radius 1 is 1.43 bits per heavy atom. The molecule has 0 aliphatic carbocycles. The van der Waals surface area contributed by atoms with Gasteiger partial charge in [0.15, 0.2) is 0 Å². The van der Waals surface area contributed by atoms with Crippen molar-refractivity contribution in [2.24, 2.45) is 10.8 Å². The molecule has 21 heavy (non-hydrogen) atoms. The number of hydrazone groups is 1. The van der Waals surface area contributed by atoms with Gasteiger partial charge in [-0.2, -0.15) is 5.10 Å². The van der Waals surface area contributed by atoms with Gasteiger partial charge in [0, 0.05) is 13.0 Å². The van der Waals surface area contributed by atoms with Crippen molar-refractivity contribution >= 4 is 30.0 Å². The van der Waals surface area contributed by atoms with Gasteiger partial charge in [-0.3, -0.25) is 5.43 Å². The first kappa shape index (κ1) is 16.9. The molecular weight excluding hydrogens is 294 g/mol. The maximum atomic E-state index is 10.7. The second-order valence-electron chi connectivity index (χ2n) is 4.43. The van der Waals surface area contributed by atoms with Crippen LogP contribution in [0.15, 0.2) is 29.4 Å². The highest BCUT2D eigenvalue weighted by molar-refractivity contribution is 5.85. The fraction of sp³-hybridized carbons (Fsp3) is 0.385. The number of benzene rings is 1. The Morgan fingerprint density at radius 3 is 2.76 bits per heavy atom. The molecule has 1 aromatic carbocycles. The molecule has 2 rings (SSSR count). The van der Waals surface area contributed by atoms with Crippen LogP contribution >= 0.6 is 12.4 Å². The molecule has 1 saturated heterocycles. The third-order valence-corrected chi connectivity index (χ3v) is 3.04. The summed E-state index contributed by atoms with van der Waals surface area (Å²) in [5.41, 5.74) is 8.95. The van der Waals surface area contributed by atoms with Crippen LogP contribution in [-0.4, -0.2) is 37.1 Å². The maximum absolute atomic E-state index is 10.7. The van der Waals surface area contributed by atoms with E-state index in [1.807, 2.05) is 29.2 Å². The fourth-order valence-electron chi connectivity index (χ4n) is 1.98. The molecule has 2 amide bonds. The van der Waals surface area contributed by atoms with Gasteiger partial charge in [-0.15, -0.1) is 12.4 Å². The second-order valence-corrected chi connectivity index (χ2v) is 4.43. The van der Waals surface area contributed by atoms with Gasteiger partial charge in [0.05, 0.1) is 19.5 Å². The van der Waals surface area contributed by atoms with E-state index < -0.39 is 6.03 Å². The molecule has 116 valence electrons. The van der Waals surface area contributed by atoms with Crippen molar-refractivity contribution in [3.63, 3.8) is 0 Å². The van der Waals surface area contributed by atoms with Gasteiger partial charge in [0.25, 0.3) is 0 Å². The van der Waals surface area contributed by atoms with Crippen molar-refractivity contribution < 1.29 is 9.53 Å². The average molecular weight is 314 g/mol. The molecule has 0 bridgehead atoms. The van der Waals surface area contributed by atoms with Crippen molar-refractivity contribution in [2.45, 2.75) is 12.8 Å². The predicted octanol–water partition coefficient (Wildman–Crippen LogP) is 1.56. The van der Waals surface area contributed by atoms with Crippen molar-refractivity contribution in [3.8, 4) is 5.75 Å². The average Bonchev–Trinajstić information content (AvgIpc) is 2.91. The van der Waals surface area contributed by atoms with Crippen LogP contribution in [-0.2, 0) is 0 Å². The Bertz CT molecular complexity index is 492. The number of ether oxygens (including phenoxy) is 1. The number of primary amides is 1. The van der Waals surface area contributed by atoms with E-state index in [0.29, 0.717) is 6.67 Å². The number of urea groups is 1. The molecule has 0 unspecified atom stereocenters. The maximum Gasteiger partial charge on any atom is 0.313 e. The molecule has 0 spiro atoms. The van der Waals surface area contributed by atoms with Crippen LogP contribution in [0, 0.1) is 0 Å². The first-order valence-electron chi connectivity index (χ1n) is 6.44. The molecule has 0 radical (unpaired) electrons. The van der Waals surface area contributed by atoms with Crippen LogP contribution in [0.3, 0.4) is 0 Å². The number of likely N-dealkylation sites (tertiary alicyclic amines) is 1. The van der Waals surface area contributed by atoms with Crippen LogP contribution in [0.5, 0.6) is 5.75 Å². The number of hydrogen-bond acceptors (Lipinski definition) is 4. The summed E-state index contributed by atoms with van der Waals surface area (Å²) in [6.45, 7) is 1.25. The molecule has 8 heteroatoms. The van der Waals surface area contributed by atoms with Crippen LogP contribution in [0.2, 0.25) is 0 Å². The van der Waals surface area contributed by atoms with E-state index in [1.54, 1.807) is 7.11 Å². The Balaban J connectivity index is 0.00000220. The number of amidine groups is 1. The highest BCUT2D eigenvalue weighted by atomic mass is 35.5.